The molecule has 0 radical (unpaired) electrons. The van der Waals surface area contributed by atoms with Crippen molar-refractivity contribution in [3.05, 3.63) is 91.0 Å². The van der Waals surface area contributed by atoms with Gasteiger partial charge in [-0.2, -0.15) is 0 Å². The second-order valence-electron chi connectivity index (χ2n) is 6.92. The Morgan fingerprint density at radius 3 is 2.50 bits per heavy atom. The Morgan fingerprint density at radius 2 is 1.80 bits per heavy atom. The van der Waals surface area contributed by atoms with Crippen LogP contribution < -0.4 is 21.9 Å². The molecule has 3 aromatic rings. The van der Waals surface area contributed by atoms with Gasteiger partial charge < -0.3 is 15.4 Å². The fourth-order valence-corrected chi connectivity index (χ4v) is 3.72. The van der Waals surface area contributed by atoms with Crippen LogP contribution in [0.2, 0.25) is 0 Å². The summed E-state index contributed by atoms with van der Waals surface area (Å²) < 4.78 is 7.51. The Kier molecular flexibility index (Phi) is 7.48. The second kappa shape index (κ2) is 10.3. The van der Waals surface area contributed by atoms with Gasteiger partial charge in [-0.25, -0.2) is 4.79 Å². The minimum absolute atomic E-state index is 0.150. The van der Waals surface area contributed by atoms with E-state index < -0.39 is 11.2 Å². The zero-order valence-electron chi connectivity index (χ0n) is 16.8. The first-order valence-electron chi connectivity index (χ1n) is 9.65. The van der Waals surface area contributed by atoms with Crippen molar-refractivity contribution < 1.29 is 4.74 Å². The van der Waals surface area contributed by atoms with Crippen molar-refractivity contribution in [2.24, 2.45) is 0 Å². The molecule has 0 aliphatic carbocycles. The summed E-state index contributed by atoms with van der Waals surface area (Å²) in [6.45, 7) is 1.83. The van der Waals surface area contributed by atoms with Crippen molar-refractivity contribution in [1.82, 2.24) is 9.55 Å². The van der Waals surface area contributed by atoms with Gasteiger partial charge in [-0.1, -0.05) is 64.5 Å². The van der Waals surface area contributed by atoms with E-state index in [1.54, 1.807) is 7.11 Å². The van der Waals surface area contributed by atoms with Gasteiger partial charge >= 0.3 is 5.69 Å². The molecule has 0 unspecified atom stereocenters. The van der Waals surface area contributed by atoms with Crippen molar-refractivity contribution in [1.29, 1.82) is 0 Å². The highest BCUT2D eigenvalue weighted by atomic mass is 79.9. The van der Waals surface area contributed by atoms with Crippen LogP contribution in [0.1, 0.15) is 17.5 Å². The summed E-state index contributed by atoms with van der Waals surface area (Å²) >= 11 is 3.56. The number of H-pyrrole nitrogens is 1. The van der Waals surface area contributed by atoms with Gasteiger partial charge in [0.25, 0.3) is 5.56 Å². The molecule has 158 valence electrons. The van der Waals surface area contributed by atoms with Crippen LogP contribution in [0.25, 0.3) is 0 Å². The largest absolute Gasteiger partial charge is 0.385 e. The van der Waals surface area contributed by atoms with Gasteiger partial charge in [0.2, 0.25) is 0 Å². The Bertz CT molecular complexity index is 1100. The molecule has 7 nitrogen and oxygen atoms in total. The number of hydrogen-bond donors (Lipinski definition) is 2. The molecule has 3 N–H and O–H groups in total. The number of ether oxygens (including phenoxy) is 1. The number of nitrogens with two attached hydrogens (primary N) is 1. The van der Waals surface area contributed by atoms with Gasteiger partial charge in [0.15, 0.2) is 0 Å². The molecule has 0 spiro atoms. The number of anilines is 2. The van der Waals surface area contributed by atoms with E-state index in [4.69, 9.17) is 10.5 Å². The van der Waals surface area contributed by atoms with E-state index in [-0.39, 0.29) is 18.1 Å². The number of rotatable bonds is 9. The molecule has 8 heteroatoms. The molecular weight excluding hydrogens is 448 g/mol. The fraction of sp³-hybridized carbons (Fsp3) is 0.273. The van der Waals surface area contributed by atoms with Crippen molar-refractivity contribution in [2.75, 3.05) is 30.9 Å². The summed E-state index contributed by atoms with van der Waals surface area (Å²) in [5.74, 6) is 0.150. The van der Waals surface area contributed by atoms with E-state index >= 15 is 0 Å². The predicted molar refractivity (Wildman–Crippen MR) is 123 cm³/mol. The molecule has 0 bridgehead atoms. The molecular formula is C22H25BrN4O3. The van der Waals surface area contributed by atoms with Crippen LogP contribution in [-0.2, 0) is 17.8 Å². The molecule has 0 saturated carbocycles. The first-order chi connectivity index (χ1) is 14.5. The first-order valence-corrected chi connectivity index (χ1v) is 10.4. The maximum Gasteiger partial charge on any atom is 0.330 e. The number of halogens is 1. The minimum atomic E-state index is -0.525. The highest BCUT2D eigenvalue weighted by Crippen LogP contribution is 2.24. The number of nitrogens with zero attached hydrogens (tertiary/aromatic N) is 2. The van der Waals surface area contributed by atoms with Crippen LogP contribution in [0.3, 0.4) is 0 Å². The quantitative estimate of drug-likeness (QED) is 0.467. The summed E-state index contributed by atoms with van der Waals surface area (Å²) in [4.78, 5) is 29.6. The lowest BCUT2D eigenvalue weighted by Gasteiger charge is -2.27. The molecule has 0 aliphatic heterocycles. The van der Waals surface area contributed by atoms with Crippen molar-refractivity contribution >= 4 is 27.4 Å². The zero-order valence-corrected chi connectivity index (χ0v) is 18.4. The summed E-state index contributed by atoms with van der Waals surface area (Å²) in [5, 5.41) is 0. The van der Waals surface area contributed by atoms with E-state index in [1.165, 1.54) is 4.57 Å². The van der Waals surface area contributed by atoms with Gasteiger partial charge in [0.1, 0.15) is 11.5 Å². The third-order valence-electron chi connectivity index (χ3n) is 4.81. The number of aromatic nitrogens is 2. The first kappa shape index (κ1) is 21.9. The van der Waals surface area contributed by atoms with Gasteiger partial charge in [-0.15, -0.1) is 0 Å². The van der Waals surface area contributed by atoms with Crippen molar-refractivity contribution in [2.45, 2.75) is 19.5 Å². The summed E-state index contributed by atoms with van der Waals surface area (Å²) in [6, 6.07) is 17.3. The Morgan fingerprint density at radius 1 is 1.10 bits per heavy atom. The van der Waals surface area contributed by atoms with Crippen molar-refractivity contribution in [3.8, 4) is 0 Å². The molecule has 1 heterocycles. The lowest BCUT2D eigenvalue weighted by Crippen LogP contribution is -2.39. The van der Waals surface area contributed by atoms with E-state index in [2.05, 4.69) is 20.9 Å². The molecule has 2 aromatic carbocycles. The number of aromatic amines is 1. The second-order valence-corrected chi connectivity index (χ2v) is 7.78. The van der Waals surface area contributed by atoms with Crippen LogP contribution in [0.5, 0.6) is 0 Å². The Balaban J connectivity index is 2.03. The van der Waals surface area contributed by atoms with E-state index in [9.17, 15) is 9.59 Å². The number of methoxy groups -OCH3 is 1. The van der Waals surface area contributed by atoms with Crippen LogP contribution in [0.15, 0.2) is 68.7 Å². The molecule has 0 fully saturated rings. The normalized spacial score (nSPS) is 10.9. The Labute approximate surface area is 183 Å². The predicted octanol–water partition coefficient (Wildman–Crippen LogP) is 2.97. The SMILES string of the molecule is COCCCN(Cc1ccccc1Br)c1c(N)n(Cc2ccccc2)c(=O)[nH]c1=O. The van der Waals surface area contributed by atoms with Crippen LogP contribution in [0.4, 0.5) is 11.5 Å². The number of nitrogens with one attached hydrogen (secondary N) is 1. The molecule has 0 aliphatic rings. The maximum atomic E-state index is 12.8. The highest BCUT2D eigenvalue weighted by Gasteiger charge is 2.20. The number of nitrogen functional groups attached to an aromatic ring is 1. The molecule has 0 saturated heterocycles. The number of hydrogen-bond acceptors (Lipinski definition) is 5. The lowest BCUT2D eigenvalue weighted by molar-refractivity contribution is 0.196. The third kappa shape index (κ3) is 5.20. The van der Waals surface area contributed by atoms with E-state index in [0.29, 0.717) is 26.1 Å². The molecule has 3 rings (SSSR count). The summed E-state index contributed by atoms with van der Waals surface area (Å²) in [7, 11) is 1.64. The maximum absolute atomic E-state index is 12.8. The smallest absolute Gasteiger partial charge is 0.330 e. The molecule has 30 heavy (non-hydrogen) atoms. The average Bonchev–Trinajstić information content (AvgIpc) is 2.73. The molecule has 1 aromatic heterocycles. The zero-order chi connectivity index (χ0) is 21.5. The van der Waals surface area contributed by atoms with Gasteiger partial charge in [0.05, 0.1) is 6.54 Å². The lowest BCUT2D eigenvalue weighted by atomic mass is 10.2. The van der Waals surface area contributed by atoms with Gasteiger partial charge in [-0.3, -0.25) is 14.3 Å². The standard InChI is InChI=1S/C22H25BrN4O3/c1-30-13-7-12-26(15-17-10-5-6-11-18(17)23)19-20(24)27(22(29)25-21(19)28)14-16-8-3-2-4-9-16/h2-6,8-11H,7,12-15,24H2,1H3,(H,25,28,29). The highest BCUT2D eigenvalue weighted by molar-refractivity contribution is 9.10. The molecule has 0 amide bonds. The Hall–Kier alpha value is -2.84. The van der Waals surface area contributed by atoms with Crippen LogP contribution >= 0.6 is 15.9 Å². The average molecular weight is 473 g/mol. The molecule has 0 atom stereocenters. The van der Waals surface area contributed by atoms with Crippen LogP contribution in [-0.4, -0.2) is 29.8 Å². The minimum Gasteiger partial charge on any atom is -0.385 e. The van der Waals surface area contributed by atoms with E-state index in [0.717, 1.165) is 15.6 Å². The topological polar surface area (TPSA) is 93.3 Å². The van der Waals surface area contributed by atoms with Gasteiger partial charge in [-0.05, 0) is 23.6 Å². The fourth-order valence-electron chi connectivity index (χ4n) is 3.31. The third-order valence-corrected chi connectivity index (χ3v) is 5.58. The monoisotopic (exact) mass is 472 g/mol. The summed E-state index contributed by atoms with van der Waals surface area (Å²) in [5.41, 5.74) is 7.58. The summed E-state index contributed by atoms with van der Waals surface area (Å²) in [6.07, 6.45) is 0.706. The van der Waals surface area contributed by atoms with Crippen molar-refractivity contribution in [3.63, 3.8) is 0 Å². The van der Waals surface area contributed by atoms with E-state index in [1.807, 2.05) is 59.5 Å². The van der Waals surface area contributed by atoms with Crippen LogP contribution in [0, 0.1) is 0 Å². The van der Waals surface area contributed by atoms with Gasteiger partial charge in [0, 0.05) is 31.3 Å². The number of benzene rings is 2.